The van der Waals surface area contributed by atoms with Crippen molar-refractivity contribution in [2.24, 2.45) is 11.7 Å². The lowest BCUT2D eigenvalue weighted by molar-refractivity contribution is -0.119. The molecular formula is C10H11BrF2N2O. The highest BCUT2D eigenvalue weighted by Crippen LogP contribution is 2.23. The van der Waals surface area contributed by atoms with Crippen molar-refractivity contribution in [2.75, 3.05) is 11.9 Å². The van der Waals surface area contributed by atoms with E-state index >= 15 is 0 Å². The summed E-state index contributed by atoms with van der Waals surface area (Å²) in [5.41, 5.74) is 5.22. The standard InChI is InChI=1S/C10H11BrF2N2O/c1-5(4-14)10(16)15-9-2-6(11)7(12)3-8(9)13/h2-3,5H,4,14H2,1H3,(H,15,16). The number of nitrogens with two attached hydrogens (primary N) is 1. The third kappa shape index (κ3) is 2.99. The van der Waals surface area contributed by atoms with E-state index in [4.69, 9.17) is 5.73 Å². The number of hydrogen-bond acceptors (Lipinski definition) is 2. The molecule has 1 rings (SSSR count). The SMILES string of the molecule is CC(CN)C(=O)Nc1cc(Br)c(F)cc1F. The molecule has 3 N–H and O–H groups in total. The Morgan fingerprint density at radius 2 is 2.12 bits per heavy atom. The summed E-state index contributed by atoms with van der Waals surface area (Å²) in [6.07, 6.45) is 0. The molecule has 6 heteroatoms. The molecule has 1 unspecified atom stereocenters. The largest absolute Gasteiger partial charge is 0.330 e. The number of rotatable bonds is 3. The molecule has 0 aliphatic rings. The normalized spacial score (nSPS) is 12.3. The third-order valence-corrected chi connectivity index (χ3v) is 2.68. The van der Waals surface area contributed by atoms with Crippen molar-refractivity contribution in [3.63, 3.8) is 0 Å². The van der Waals surface area contributed by atoms with Crippen LogP contribution in [0.2, 0.25) is 0 Å². The molecule has 0 fully saturated rings. The molecule has 0 bridgehead atoms. The molecule has 0 saturated heterocycles. The number of carbonyl (C=O) groups excluding carboxylic acids is 1. The number of carbonyl (C=O) groups is 1. The van der Waals surface area contributed by atoms with Crippen LogP contribution in [0.5, 0.6) is 0 Å². The van der Waals surface area contributed by atoms with Crippen molar-refractivity contribution in [1.29, 1.82) is 0 Å². The first-order valence-corrected chi connectivity index (χ1v) is 5.40. The fourth-order valence-electron chi connectivity index (χ4n) is 0.981. The van der Waals surface area contributed by atoms with E-state index in [1.807, 2.05) is 0 Å². The van der Waals surface area contributed by atoms with Crippen LogP contribution in [0.4, 0.5) is 14.5 Å². The molecule has 0 heterocycles. The highest BCUT2D eigenvalue weighted by Gasteiger charge is 2.14. The number of amides is 1. The summed E-state index contributed by atoms with van der Waals surface area (Å²) < 4.78 is 26.2. The summed E-state index contributed by atoms with van der Waals surface area (Å²) in [5.74, 6) is -2.37. The van der Waals surface area contributed by atoms with Crippen molar-refractivity contribution in [3.05, 3.63) is 28.2 Å². The Balaban J connectivity index is 2.90. The van der Waals surface area contributed by atoms with Gasteiger partial charge in [0.2, 0.25) is 5.91 Å². The molecule has 0 aliphatic carbocycles. The van der Waals surface area contributed by atoms with Gasteiger partial charge in [0, 0.05) is 18.5 Å². The van der Waals surface area contributed by atoms with Gasteiger partial charge in [0.05, 0.1) is 10.2 Å². The van der Waals surface area contributed by atoms with Crippen LogP contribution in [-0.2, 0) is 4.79 Å². The van der Waals surface area contributed by atoms with Crippen LogP contribution in [-0.4, -0.2) is 12.5 Å². The fourth-order valence-corrected chi connectivity index (χ4v) is 1.32. The van der Waals surface area contributed by atoms with Crippen molar-refractivity contribution in [3.8, 4) is 0 Å². The van der Waals surface area contributed by atoms with Gasteiger partial charge in [-0.05, 0) is 22.0 Å². The number of benzene rings is 1. The van der Waals surface area contributed by atoms with Gasteiger partial charge >= 0.3 is 0 Å². The minimum Gasteiger partial charge on any atom is -0.330 e. The third-order valence-electron chi connectivity index (χ3n) is 2.07. The highest BCUT2D eigenvalue weighted by molar-refractivity contribution is 9.10. The molecule has 0 radical (unpaired) electrons. The van der Waals surface area contributed by atoms with Gasteiger partial charge in [-0.1, -0.05) is 6.92 Å². The molecule has 16 heavy (non-hydrogen) atoms. The van der Waals surface area contributed by atoms with E-state index in [-0.39, 0.29) is 16.7 Å². The summed E-state index contributed by atoms with van der Waals surface area (Å²) in [6, 6.07) is 1.87. The van der Waals surface area contributed by atoms with Gasteiger partial charge in [-0.25, -0.2) is 8.78 Å². The molecule has 1 aromatic carbocycles. The Morgan fingerprint density at radius 1 is 1.50 bits per heavy atom. The average Bonchev–Trinajstić information content (AvgIpc) is 2.24. The lowest BCUT2D eigenvalue weighted by atomic mass is 10.1. The first-order valence-electron chi connectivity index (χ1n) is 4.61. The Kier molecular flexibility index (Phi) is 4.37. The predicted octanol–water partition coefficient (Wildman–Crippen LogP) is 2.26. The lowest BCUT2D eigenvalue weighted by Crippen LogP contribution is -2.27. The minimum atomic E-state index is -0.821. The van der Waals surface area contributed by atoms with Crippen LogP contribution in [0, 0.1) is 17.6 Å². The molecule has 0 saturated carbocycles. The first-order chi connectivity index (χ1) is 7.45. The molecule has 1 atom stereocenters. The summed E-state index contributed by atoms with van der Waals surface area (Å²) in [7, 11) is 0. The quantitative estimate of drug-likeness (QED) is 0.840. The maximum atomic E-state index is 13.3. The maximum Gasteiger partial charge on any atom is 0.228 e. The molecular weight excluding hydrogens is 282 g/mol. The summed E-state index contributed by atoms with van der Waals surface area (Å²) >= 11 is 2.91. The lowest BCUT2D eigenvalue weighted by Gasteiger charge is -2.11. The summed E-state index contributed by atoms with van der Waals surface area (Å²) in [5, 5.41) is 2.34. The number of hydrogen-bond donors (Lipinski definition) is 2. The number of nitrogens with one attached hydrogen (secondary N) is 1. The van der Waals surface area contributed by atoms with Gasteiger partial charge in [-0.3, -0.25) is 4.79 Å². The molecule has 88 valence electrons. The molecule has 1 aromatic rings. The van der Waals surface area contributed by atoms with E-state index < -0.39 is 23.5 Å². The molecule has 3 nitrogen and oxygen atoms in total. The van der Waals surface area contributed by atoms with Crippen LogP contribution in [0.25, 0.3) is 0 Å². The molecule has 0 aliphatic heterocycles. The van der Waals surface area contributed by atoms with Crippen molar-refractivity contribution < 1.29 is 13.6 Å². The van der Waals surface area contributed by atoms with E-state index in [1.165, 1.54) is 6.07 Å². The summed E-state index contributed by atoms with van der Waals surface area (Å²) in [6.45, 7) is 1.78. The summed E-state index contributed by atoms with van der Waals surface area (Å²) in [4.78, 5) is 11.4. The zero-order chi connectivity index (χ0) is 12.3. The monoisotopic (exact) mass is 292 g/mol. The topological polar surface area (TPSA) is 55.1 Å². The Labute approximate surface area is 100 Å². The van der Waals surface area contributed by atoms with Gasteiger partial charge < -0.3 is 11.1 Å². The van der Waals surface area contributed by atoms with Crippen molar-refractivity contribution >= 4 is 27.5 Å². The second-order valence-corrected chi connectivity index (χ2v) is 4.23. The van der Waals surface area contributed by atoms with Crippen molar-refractivity contribution in [2.45, 2.75) is 6.92 Å². The number of halogens is 3. The zero-order valence-electron chi connectivity index (χ0n) is 8.56. The van der Waals surface area contributed by atoms with Gasteiger partial charge in [0.15, 0.2) is 0 Å². The molecule has 0 spiro atoms. The van der Waals surface area contributed by atoms with Gasteiger partial charge in [0.1, 0.15) is 11.6 Å². The second kappa shape index (κ2) is 5.36. The Hall–Kier alpha value is -1.01. The second-order valence-electron chi connectivity index (χ2n) is 3.37. The minimum absolute atomic E-state index is 0.0708. The van der Waals surface area contributed by atoms with E-state index in [0.29, 0.717) is 6.07 Å². The van der Waals surface area contributed by atoms with Gasteiger partial charge in [-0.15, -0.1) is 0 Å². The average molecular weight is 293 g/mol. The highest BCUT2D eigenvalue weighted by atomic mass is 79.9. The Bertz CT molecular complexity index is 412. The molecule has 1 amide bonds. The Morgan fingerprint density at radius 3 is 2.69 bits per heavy atom. The van der Waals surface area contributed by atoms with E-state index in [1.54, 1.807) is 6.92 Å². The van der Waals surface area contributed by atoms with Gasteiger partial charge in [0.25, 0.3) is 0 Å². The maximum absolute atomic E-state index is 13.3. The smallest absolute Gasteiger partial charge is 0.228 e. The van der Waals surface area contributed by atoms with Crippen molar-refractivity contribution in [1.82, 2.24) is 0 Å². The van der Waals surface area contributed by atoms with Gasteiger partial charge in [-0.2, -0.15) is 0 Å². The predicted molar refractivity (Wildman–Crippen MR) is 60.9 cm³/mol. The van der Waals surface area contributed by atoms with E-state index in [9.17, 15) is 13.6 Å². The van der Waals surface area contributed by atoms with Crippen LogP contribution < -0.4 is 11.1 Å². The zero-order valence-corrected chi connectivity index (χ0v) is 10.1. The van der Waals surface area contributed by atoms with E-state index in [2.05, 4.69) is 21.2 Å². The van der Waals surface area contributed by atoms with E-state index in [0.717, 1.165) is 0 Å². The van der Waals surface area contributed by atoms with Crippen LogP contribution in [0.15, 0.2) is 16.6 Å². The van der Waals surface area contributed by atoms with Crippen LogP contribution >= 0.6 is 15.9 Å². The number of anilines is 1. The molecule has 0 aromatic heterocycles. The fraction of sp³-hybridized carbons (Fsp3) is 0.300. The van der Waals surface area contributed by atoms with Crippen LogP contribution in [0.3, 0.4) is 0 Å². The van der Waals surface area contributed by atoms with Crippen LogP contribution in [0.1, 0.15) is 6.92 Å². The first kappa shape index (κ1) is 13.1.